The van der Waals surface area contributed by atoms with Gasteiger partial charge in [-0.25, -0.2) is 9.87 Å². The molecule has 9 heteroatoms. The standard InChI is InChI=1S/C29H27Cl2FN2O4/c30-18-13-14-21(22(31)15-18)27-26(28(36)33-38-16-17-7-1-4-10-23(17)32)19-8-2-3-9-20(19)29(37)34(27)24-11-5-6-12-25(24)35/h1-4,7-10,13-15,24-27,35H,5-6,11-12,16H2,(H,33,36)/t24-,25-,26+,27-/m0/s1. The number of rotatable bonds is 6. The normalized spacial score (nSPS) is 23.2. The third kappa shape index (κ3) is 5.16. The van der Waals surface area contributed by atoms with E-state index in [0.29, 0.717) is 39.6 Å². The number of halogens is 3. The van der Waals surface area contributed by atoms with E-state index in [0.717, 1.165) is 12.8 Å². The molecule has 2 N–H and O–H groups in total. The molecule has 198 valence electrons. The van der Waals surface area contributed by atoms with Crippen molar-refractivity contribution < 1.29 is 23.9 Å². The number of aliphatic hydroxyl groups is 1. The Kier molecular flexibility index (Phi) is 8.00. The van der Waals surface area contributed by atoms with E-state index in [2.05, 4.69) is 5.48 Å². The molecule has 5 rings (SSSR count). The molecule has 0 bridgehead atoms. The molecule has 6 nitrogen and oxygen atoms in total. The number of fused-ring (bicyclic) bond motifs is 1. The summed E-state index contributed by atoms with van der Waals surface area (Å²) in [6, 6.07) is 16.7. The first-order valence-electron chi connectivity index (χ1n) is 12.6. The monoisotopic (exact) mass is 556 g/mol. The van der Waals surface area contributed by atoms with Gasteiger partial charge in [0.2, 0.25) is 0 Å². The van der Waals surface area contributed by atoms with Crippen molar-refractivity contribution in [1.29, 1.82) is 0 Å². The second kappa shape index (κ2) is 11.4. The maximum atomic E-state index is 14.1. The predicted octanol–water partition coefficient (Wildman–Crippen LogP) is 5.96. The first-order valence-corrected chi connectivity index (χ1v) is 13.3. The molecular formula is C29H27Cl2FN2O4. The summed E-state index contributed by atoms with van der Waals surface area (Å²) in [5.41, 5.74) is 4.19. The molecule has 3 aromatic carbocycles. The maximum absolute atomic E-state index is 14.1. The summed E-state index contributed by atoms with van der Waals surface area (Å²) in [5, 5.41) is 11.7. The molecule has 0 spiro atoms. The fourth-order valence-corrected chi connectivity index (χ4v) is 6.07. The highest BCUT2D eigenvalue weighted by molar-refractivity contribution is 6.35. The Labute approximate surface area is 230 Å². The number of hydroxylamine groups is 1. The van der Waals surface area contributed by atoms with Gasteiger partial charge in [0.05, 0.1) is 24.1 Å². The molecule has 1 saturated carbocycles. The van der Waals surface area contributed by atoms with Crippen LogP contribution in [0.5, 0.6) is 0 Å². The molecule has 1 fully saturated rings. The summed E-state index contributed by atoms with van der Waals surface area (Å²) < 4.78 is 14.1. The topological polar surface area (TPSA) is 78.9 Å². The number of benzene rings is 3. The van der Waals surface area contributed by atoms with Crippen LogP contribution < -0.4 is 5.48 Å². The Hall–Kier alpha value is -2.97. The van der Waals surface area contributed by atoms with Gasteiger partial charge in [-0.3, -0.25) is 14.4 Å². The molecule has 38 heavy (non-hydrogen) atoms. The minimum Gasteiger partial charge on any atom is -0.391 e. The van der Waals surface area contributed by atoms with E-state index in [9.17, 15) is 19.1 Å². The number of nitrogens with one attached hydrogen (secondary N) is 1. The summed E-state index contributed by atoms with van der Waals surface area (Å²) in [4.78, 5) is 34.8. The average Bonchev–Trinajstić information content (AvgIpc) is 2.90. The fraction of sp³-hybridized carbons (Fsp3) is 0.310. The van der Waals surface area contributed by atoms with Crippen molar-refractivity contribution in [2.24, 2.45) is 0 Å². The Morgan fingerprint density at radius 2 is 1.76 bits per heavy atom. The van der Waals surface area contributed by atoms with Gasteiger partial charge in [0, 0.05) is 21.2 Å². The average molecular weight is 557 g/mol. The van der Waals surface area contributed by atoms with Crippen LogP contribution in [-0.2, 0) is 16.2 Å². The van der Waals surface area contributed by atoms with Crippen molar-refractivity contribution >= 4 is 35.0 Å². The van der Waals surface area contributed by atoms with E-state index < -0.39 is 35.8 Å². The first-order chi connectivity index (χ1) is 18.4. The highest BCUT2D eigenvalue weighted by Crippen LogP contribution is 2.47. The van der Waals surface area contributed by atoms with Gasteiger partial charge in [0.1, 0.15) is 12.4 Å². The van der Waals surface area contributed by atoms with E-state index in [1.807, 2.05) is 0 Å². The zero-order valence-corrected chi connectivity index (χ0v) is 22.0. The maximum Gasteiger partial charge on any atom is 0.255 e. The number of carbonyl (C=O) groups is 2. The van der Waals surface area contributed by atoms with Crippen LogP contribution in [0.2, 0.25) is 10.0 Å². The van der Waals surface area contributed by atoms with Gasteiger partial charge < -0.3 is 10.0 Å². The molecule has 1 aliphatic carbocycles. The highest BCUT2D eigenvalue weighted by atomic mass is 35.5. The van der Waals surface area contributed by atoms with Crippen molar-refractivity contribution in [3.63, 3.8) is 0 Å². The zero-order chi connectivity index (χ0) is 26.8. The van der Waals surface area contributed by atoms with Crippen LogP contribution in [0, 0.1) is 5.82 Å². The van der Waals surface area contributed by atoms with Gasteiger partial charge in [0.15, 0.2) is 0 Å². The molecule has 0 unspecified atom stereocenters. The number of carbonyl (C=O) groups excluding carboxylic acids is 2. The molecular weight excluding hydrogens is 530 g/mol. The molecule has 2 aliphatic rings. The number of hydrogen-bond acceptors (Lipinski definition) is 4. The second-order valence-electron chi connectivity index (χ2n) is 9.65. The molecule has 3 aromatic rings. The van der Waals surface area contributed by atoms with Crippen LogP contribution in [0.25, 0.3) is 0 Å². The van der Waals surface area contributed by atoms with Crippen molar-refractivity contribution in [2.75, 3.05) is 0 Å². The number of hydrogen-bond donors (Lipinski definition) is 2. The fourth-order valence-electron chi connectivity index (χ4n) is 5.55. The van der Waals surface area contributed by atoms with Crippen LogP contribution >= 0.6 is 23.2 Å². The highest BCUT2D eigenvalue weighted by Gasteiger charge is 2.49. The molecule has 1 aliphatic heterocycles. The van der Waals surface area contributed by atoms with Crippen molar-refractivity contribution in [3.8, 4) is 0 Å². The van der Waals surface area contributed by atoms with Gasteiger partial charge in [-0.05, 0) is 48.2 Å². The molecule has 2 amide bonds. The lowest BCUT2D eigenvalue weighted by Crippen LogP contribution is -2.55. The summed E-state index contributed by atoms with van der Waals surface area (Å²) in [7, 11) is 0. The van der Waals surface area contributed by atoms with E-state index in [4.69, 9.17) is 28.0 Å². The van der Waals surface area contributed by atoms with Crippen molar-refractivity contribution in [2.45, 2.75) is 56.4 Å². The quantitative estimate of drug-likeness (QED) is 0.367. The van der Waals surface area contributed by atoms with E-state index in [1.165, 1.54) is 6.07 Å². The third-order valence-corrected chi connectivity index (χ3v) is 7.91. The van der Waals surface area contributed by atoms with E-state index in [-0.39, 0.29) is 18.1 Å². The molecule has 0 radical (unpaired) electrons. The largest absolute Gasteiger partial charge is 0.391 e. The van der Waals surface area contributed by atoms with Gasteiger partial charge in [-0.2, -0.15) is 0 Å². The summed E-state index contributed by atoms with van der Waals surface area (Å²) in [6.07, 6.45) is 2.11. The molecule has 4 atom stereocenters. The van der Waals surface area contributed by atoms with Crippen molar-refractivity contribution in [3.05, 3.63) is 105 Å². The van der Waals surface area contributed by atoms with Crippen LogP contribution in [-0.4, -0.2) is 34.0 Å². The summed E-state index contributed by atoms with van der Waals surface area (Å²) >= 11 is 12.8. The third-order valence-electron chi connectivity index (χ3n) is 7.35. The molecule has 0 aromatic heterocycles. The number of aliphatic hydroxyl groups excluding tert-OH is 1. The van der Waals surface area contributed by atoms with Gasteiger partial charge >= 0.3 is 0 Å². The Balaban J connectivity index is 1.57. The minimum atomic E-state index is -0.919. The lowest BCUT2D eigenvalue weighted by atomic mass is 9.77. The SMILES string of the molecule is O=C(NOCc1ccccc1F)[C@@H]1c2ccccc2C(=O)N([C@H]2CCCC[C@@H]2O)[C@H]1c1ccc(Cl)cc1Cl. The molecule has 1 heterocycles. The van der Waals surface area contributed by atoms with Crippen LogP contribution in [0.1, 0.15) is 64.7 Å². The van der Waals surface area contributed by atoms with E-state index in [1.54, 1.807) is 65.6 Å². The lowest BCUT2D eigenvalue weighted by molar-refractivity contribution is -0.138. The Bertz CT molecular complexity index is 1350. The van der Waals surface area contributed by atoms with E-state index >= 15 is 0 Å². The van der Waals surface area contributed by atoms with Crippen LogP contribution in [0.15, 0.2) is 66.7 Å². The second-order valence-corrected chi connectivity index (χ2v) is 10.5. The van der Waals surface area contributed by atoms with Crippen LogP contribution in [0.3, 0.4) is 0 Å². The van der Waals surface area contributed by atoms with Crippen LogP contribution in [0.4, 0.5) is 4.39 Å². The lowest BCUT2D eigenvalue weighted by Gasteiger charge is -2.48. The number of amides is 2. The summed E-state index contributed by atoms with van der Waals surface area (Å²) in [5.74, 6) is -2.16. The minimum absolute atomic E-state index is 0.177. The van der Waals surface area contributed by atoms with Crippen molar-refractivity contribution in [1.82, 2.24) is 10.4 Å². The van der Waals surface area contributed by atoms with Gasteiger partial charge in [-0.1, -0.05) is 78.5 Å². The Morgan fingerprint density at radius 3 is 2.53 bits per heavy atom. The van der Waals surface area contributed by atoms with Gasteiger partial charge in [-0.15, -0.1) is 0 Å². The van der Waals surface area contributed by atoms with Gasteiger partial charge in [0.25, 0.3) is 11.8 Å². The predicted molar refractivity (Wildman–Crippen MR) is 142 cm³/mol. The smallest absolute Gasteiger partial charge is 0.255 e. The Morgan fingerprint density at radius 1 is 1.03 bits per heavy atom. The summed E-state index contributed by atoms with van der Waals surface area (Å²) in [6.45, 7) is -0.177. The number of nitrogens with zero attached hydrogens (tertiary/aromatic N) is 1. The first kappa shape index (κ1) is 26.6. The zero-order valence-electron chi connectivity index (χ0n) is 20.4. The molecule has 0 saturated heterocycles.